The molecular weight excluding hydrogens is 266 g/mol. The van der Waals surface area contributed by atoms with Crippen LogP contribution in [-0.4, -0.2) is 73.2 Å². The molecule has 116 valence electrons. The van der Waals surface area contributed by atoms with Crippen LogP contribution in [0.1, 0.15) is 19.3 Å². The SMILES string of the molecule is CNc1nc(N(C)C)nc(N2CCC3CCC(C2)N3C)n1. The molecule has 0 spiro atoms. The Morgan fingerprint density at radius 2 is 1.86 bits per heavy atom. The molecule has 0 radical (unpaired) electrons. The van der Waals surface area contributed by atoms with Crippen LogP contribution in [0.2, 0.25) is 0 Å². The molecular formula is C14H25N7. The first-order valence-corrected chi connectivity index (χ1v) is 7.66. The van der Waals surface area contributed by atoms with Gasteiger partial charge in [-0.2, -0.15) is 15.0 Å². The average molecular weight is 291 g/mol. The molecule has 7 nitrogen and oxygen atoms in total. The van der Waals surface area contributed by atoms with Gasteiger partial charge in [-0.05, 0) is 26.3 Å². The fraction of sp³-hybridized carbons (Fsp3) is 0.786. The van der Waals surface area contributed by atoms with Gasteiger partial charge in [0.05, 0.1) is 0 Å². The smallest absolute Gasteiger partial charge is 0.232 e. The number of likely N-dealkylation sites (N-methyl/N-ethyl adjacent to an activating group) is 1. The van der Waals surface area contributed by atoms with Crippen molar-refractivity contribution in [1.29, 1.82) is 0 Å². The van der Waals surface area contributed by atoms with Crippen LogP contribution in [0, 0.1) is 0 Å². The largest absolute Gasteiger partial charge is 0.357 e. The summed E-state index contributed by atoms with van der Waals surface area (Å²) in [6.45, 7) is 2.03. The molecule has 3 heterocycles. The van der Waals surface area contributed by atoms with E-state index in [1.54, 1.807) is 0 Å². The minimum absolute atomic E-state index is 0.620. The first-order valence-electron chi connectivity index (χ1n) is 7.66. The van der Waals surface area contributed by atoms with E-state index >= 15 is 0 Å². The van der Waals surface area contributed by atoms with Gasteiger partial charge in [0.1, 0.15) is 0 Å². The van der Waals surface area contributed by atoms with Crippen molar-refractivity contribution < 1.29 is 0 Å². The second-order valence-electron chi connectivity index (χ2n) is 6.19. The molecule has 21 heavy (non-hydrogen) atoms. The number of hydrogen-bond donors (Lipinski definition) is 1. The molecule has 2 bridgehead atoms. The van der Waals surface area contributed by atoms with Gasteiger partial charge < -0.3 is 15.1 Å². The molecule has 2 unspecified atom stereocenters. The summed E-state index contributed by atoms with van der Waals surface area (Å²) in [5, 5.41) is 3.03. The average Bonchev–Trinajstić information content (AvgIpc) is 2.71. The molecule has 1 N–H and O–H groups in total. The zero-order chi connectivity index (χ0) is 15.0. The van der Waals surface area contributed by atoms with Crippen LogP contribution in [0.25, 0.3) is 0 Å². The van der Waals surface area contributed by atoms with Gasteiger partial charge in [-0.25, -0.2) is 0 Å². The zero-order valence-corrected chi connectivity index (χ0v) is 13.4. The van der Waals surface area contributed by atoms with Gasteiger partial charge in [0.2, 0.25) is 17.8 Å². The number of fused-ring (bicyclic) bond motifs is 2. The first kappa shape index (κ1) is 14.3. The van der Waals surface area contributed by atoms with E-state index in [1.807, 2.05) is 26.0 Å². The molecule has 0 aliphatic carbocycles. The maximum absolute atomic E-state index is 4.63. The maximum Gasteiger partial charge on any atom is 0.232 e. The van der Waals surface area contributed by atoms with Crippen LogP contribution >= 0.6 is 0 Å². The minimum atomic E-state index is 0.620. The molecule has 3 rings (SSSR count). The van der Waals surface area contributed by atoms with Crippen molar-refractivity contribution in [2.75, 3.05) is 56.4 Å². The highest BCUT2D eigenvalue weighted by Crippen LogP contribution is 2.30. The molecule has 2 saturated heterocycles. The van der Waals surface area contributed by atoms with Crippen molar-refractivity contribution in [3.8, 4) is 0 Å². The lowest BCUT2D eigenvalue weighted by Crippen LogP contribution is -2.37. The third-order valence-corrected chi connectivity index (χ3v) is 4.67. The molecule has 1 aromatic rings. The second-order valence-corrected chi connectivity index (χ2v) is 6.19. The van der Waals surface area contributed by atoms with E-state index in [4.69, 9.17) is 0 Å². The molecule has 7 heteroatoms. The first-order chi connectivity index (χ1) is 10.1. The number of hydrogen-bond acceptors (Lipinski definition) is 7. The van der Waals surface area contributed by atoms with E-state index < -0.39 is 0 Å². The molecule has 2 aliphatic rings. The normalized spacial score (nSPS) is 25.8. The van der Waals surface area contributed by atoms with E-state index in [0.717, 1.165) is 25.1 Å². The lowest BCUT2D eigenvalue weighted by Gasteiger charge is -2.26. The molecule has 2 aliphatic heterocycles. The molecule has 0 saturated carbocycles. The number of rotatable bonds is 3. The minimum Gasteiger partial charge on any atom is -0.357 e. The molecule has 0 aromatic carbocycles. The Hall–Kier alpha value is -1.63. The van der Waals surface area contributed by atoms with Crippen LogP contribution in [0.15, 0.2) is 0 Å². The Morgan fingerprint density at radius 3 is 2.57 bits per heavy atom. The van der Waals surface area contributed by atoms with Gasteiger partial charge in [0.25, 0.3) is 0 Å². The highest BCUT2D eigenvalue weighted by molar-refractivity contribution is 5.44. The van der Waals surface area contributed by atoms with Crippen LogP contribution in [0.5, 0.6) is 0 Å². The Kier molecular flexibility index (Phi) is 3.84. The number of aromatic nitrogens is 3. The highest BCUT2D eigenvalue weighted by atomic mass is 15.4. The Morgan fingerprint density at radius 1 is 1.10 bits per heavy atom. The number of nitrogens with zero attached hydrogens (tertiary/aromatic N) is 6. The monoisotopic (exact) mass is 291 g/mol. The van der Waals surface area contributed by atoms with Crippen LogP contribution in [-0.2, 0) is 0 Å². The van der Waals surface area contributed by atoms with Crippen molar-refractivity contribution in [2.45, 2.75) is 31.3 Å². The van der Waals surface area contributed by atoms with Crippen molar-refractivity contribution in [3.05, 3.63) is 0 Å². The molecule has 1 aromatic heterocycles. The second kappa shape index (κ2) is 5.63. The summed E-state index contributed by atoms with van der Waals surface area (Å²) in [7, 11) is 8.01. The zero-order valence-electron chi connectivity index (χ0n) is 13.4. The van der Waals surface area contributed by atoms with E-state index in [9.17, 15) is 0 Å². The Bertz CT molecular complexity index is 504. The molecule has 2 fully saturated rings. The van der Waals surface area contributed by atoms with Gasteiger partial charge in [-0.1, -0.05) is 0 Å². The third-order valence-electron chi connectivity index (χ3n) is 4.67. The number of anilines is 3. The van der Waals surface area contributed by atoms with Crippen molar-refractivity contribution in [1.82, 2.24) is 19.9 Å². The topological polar surface area (TPSA) is 60.4 Å². The van der Waals surface area contributed by atoms with Crippen LogP contribution in [0.3, 0.4) is 0 Å². The lowest BCUT2D eigenvalue weighted by atomic mass is 10.1. The third kappa shape index (κ3) is 2.74. The summed E-state index contributed by atoms with van der Waals surface area (Å²) >= 11 is 0. The predicted octanol–water partition coefficient (Wildman–Crippen LogP) is 0.652. The lowest BCUT2D eigenvalue weighted by molar-refractivity contribution is 0.254. The van der Waals surface area contributed by atoms with Gasteiger partial charge in [0, 0.05) is 46.3 Å². The van der Waals surface area contributed by atoms with Crippen molar-refractivity contribution >= 4 is 17.8 Å². The van der Waals surface area contributed by atoms with E-state index in [0.29, 0.717) is 17.9 Å². The highest BCUT2D eigenvalue weighted by Gasteiger charge is 2.35. The predicted molar refractivity (Wildman–Crippen MR) is 85.1 cm³/mol. The summed E-state index contributed by atoms with van der Waals surface area (Å²) in [5.74, 6) is 2.12. The van der Waals surface area contributed by atoms with Crippen LogP contribution in [0.4, 0.5) is 17.8 Å². The van der Waals surface area contributed by atoms with E-state index in [2.05, 4.69) is 37.1 Å². The fourth-order valence-electron chi connectivity index (χ4n) is 3.30. The quantitative estimate of drug-likeness (QED) is 0.877. The van der Waals surface area contributed by atoms with E-state index in [-0.39, 0.29) is 0 Å². The van der Waals surface area contributed by atoms with Gasteiger partial charge in [-0.15, -0.1) is 0 Å². The standard InChI is InChI=1S/C14H25N7/c1-15-12-16-13(19(2)3)18-14(17-12)21-8-7-10-5-6-11(9-21)20(10)4/h10-11H,5-9H2,1-4H3,(H,15,16,17,18). The Labute approximate surface area is 126 Å². The maximum atomic E-state index is 4.63. The summed E-state index contributed by atoms with van der Waals surface area (Å²) < 4.78 is 0. The summed E-state index contributed by atoms with van der Waals surface area (Å²) in [5.41, 5.74) is 0. The van der Waals surface area contributed by atoms with Crippen molar-refractivity contribution in [2.24, 2.45) is 0 Å². The summed E-state index contributed by atoms with van der Waals surface area (Å²) in [4.78, 5) is 20.3. The fourth-order valence-corrected chi connectivity index (χ4v) is 3.30. The molecule has 0 amide bonds. The van der Waals surface area contributed by atoms with Crippen LogP contribution < -0.4 is 15.1 Å². The number of nitrogens with one attached hydrogen (secondary N) is 1. The summed E-state index contributed by atoms with van der Waals surface area (Å²) in [6, 6.07) is 1.34. The van der Waals surface area contributed by atoms with Gasteiger partial charge >= 0.3 is 0 Å². The molecule has 2 atom stereocenters. The summed E-state index contributed by atoms with van der Waals surface area (Å²) in [6.07, 6.45) is 3.80. The van der Waals surface area contributed by atoms with E-state index in [1.165, 1.54) is 19.3 Å². The van der Waals surface area contributed by atoms with Gasteiger partial charge in [-0.3, -0.25) is 4.90 Å². The van der Waals surface area contributed by atoms with Gasteiger partial charge in [0.15, 0.2) is 0 Å². The van der Waals surface area contributed by atoms with Crippen molar-refractivity contribution in [3.63, 3.8) is 0 Å². The Balaban J connectivity index is 1.87.